The van der Waals surface area contributed by atoms with E-state index in [9.17, 15) is 14.9 Å². The standard InChI is InChI=1S/C18H12BrNO4/c1-11-10-13(6-8-15(11)20(22)23)18(21)24-16-9-7-12-4-2-3-5-14(12)17(16)19/h2-10H,1H3. The minimum absolute atomic E-state index is 0.0292. The fourth-order valence-corrected chi connectivity index (χ4v) is 3.01. The second-order valence-corrected chi connectivity index (χ2v) is 6.04. The Bertz CT molecular complexity index is 968. The average Bonchev–Trinajstić information content (AvgIpc) is 2.57. The second kappa shape index (κ2) is 6.41. The molecule has 120 valence electrons. The van der Waals surface area contributed by atoms with Crippen molar-refractivity contribution < 1.29 is 14.5 Å². The molecule has 0 amide bonds. The topological polar surface area (TPSA) is 69.4 Å². The number of ether oxygens (including phenoxy) is 1. The van der Waals surface area contributed by atoms with Crippen molar-refractivity contribution in [3.8, 4) is 5.75 Å². The number of esters is 1. The monoisotopic (exact) mass is 385 g/mol. The first kappa shape index (κ1) is 16.1. The van der Waals surface area contributed by atoms with E-state index in [0.717, 1.165) is 10.8 Å². The number of carbonyl (C=O) groups is 1. The first-order valence-corrected chi connectivity index (χ1v) is 7.91. The van der Waals surface area contributed by atoms with Gasteiger partial charge in [-0.2, -0.15) is 0 Å². The minimum atomic E-state index is -0.566. The molecule has 0 bridgehead atoms. The lowest BCUT2D eigenvalue weighted by molar-refractivity contribution is -0.385. The zero-order valence-corrected chi connectivity index (χ0v) is 14.2. The van der Waals surface area contributed by atoms with Crippen LogP contribution in [0.1, 0.15) is 15.9 Å². The molecule has 0 atom stereocenters. The summed E-state index contributed by atoms with van der Waals surface area (Å²) in [6.07, 6.45) is 0. The smallest absolute Gasteiger partial charge is 0.343 e. The summed E-state index contributed by atoms with van der Waals surface area (Å²) in [5.41, 5.74) is 0.642. The maximum absolute atomic E-state index is 12.3. The Balaban J connectivity index is 1.91. The molecule has 6 heteroatoms. The number of fused-ring (bicyclic) bond motifs is 1. The Hall–Kier alpha value is -2.73. The molecule has 0 unspecified atom stereocenters. The van der Waals surface area contributed by atoms with Crippen molar-refractivity contribution in [2.45, 2.75) is 6.92 Å². The minimum Gasteiger partial charge on any atom is -0.422 e. The summed E-state index contributed by atoms with van der Waals surface area (Å²) in [6, 6.07) is 15.4. The number of aryl methyl sites for hydroxylation is 1. The van der Waals surface area contributed by atoms with E-state index in [1.807, 2.05) is 30.3 Å². The third-order valence-electron chi connectivity index (χ3n) is 3.66. The zero-order chi connectivity index (χ0) is 17.3. The highest BCUT2D eigenvalue weighted by Gasteiger charge is 2.16. The molecule has 0 fully saturated rings. The highest BCUT2D eigenvalue weighted by molar-refractivity contribution is 9.10. The van der Waals surface area contributed by atoms with Gasteiger partial charge in [-0.15, -0.1) is 0 Å². The zero-order valence-electron chi connectivity index (χ0n) is 12.7. The summed E-state index contributed by atoms with van der Waals surface area (Å²) < 4.78 is 6.13. The Kier molecular flexibility index (Phi) is 4.31. The van der Waals surface area contributed by atoms with Gasteiger partial charge in [0.2, 0.25) is 0 Å². The lowest BCUT2D eigenvalue weighted by Crippen LogP contribution is -2.09. The summed E-state index contributed by atoms with van der Waals surface area (Å²) >= 11 is 3.46. The molecular weight excluding hydrogens is 374 g/mol. The van der Waals surface area contributed by atoms with E-state index in [0.29, 0.717) is 15.8 Å². The van der Waals surface area contributed by atoms with Gasteiger partial charge < -0.3 is 4.74 Å². The van der Waals surface area contributed by atoms with E-state index >= 15 is 0 Å². The van der Waals surface area contributed by atoms with Crippen LogP contribution in [0.4, 0.5) is 5.69 Å². The van der Waals surface area contributed by atoms with E-state index < -0.39 is 10.9 Å². The first-order valence-electron chi connectivity index (χ1n) is 7.12. The van der Waals surface area contributed by atoms with Crippen LogP contribution in [0.25, 0.3) is 10.8 Å². The number of nitrogens with zero attached hydrogens (tertiary/aromatic N) is 1. The molecule has 5 nitrogen and oxygen atoms in total. The van der Waals surface area contributed by atoms with E-state index in [-0.39, 0.29) is 11.3 Å². The van der Waals surface area contributed by atoms with E-state index in [1.54, 1.807) is 13.0 Å². The predicted octanol–water partition coefficient (Wildman–Crippen LogP) is 5.04. The van der Waals surface area contributed by atoms with Crippen LogP contribution < -0.4 is 4.74 Å². The summed E-state index contributed by atoms with van der Waals surface area (Å²) in [4.78, 5) is 22.7. The molecule has 0 saturated heterocycles. The number of benzene rings is 3. The molecule has 0 heterocycles. The Labute approximate surface area is 146 Å². The lowest BCUT2D eigenvalue weighted by atomic mass is 10.1. The van der Waals surface area contributed by atoms with Crippen LogP contribution in [-0.4, -0.2) is 10.9 Å². The predicted molar refractivity (Wildman–Crippen MR) is 94.4 cm³/mol. The van der Waals surface area contributed by atoms with Crippen molar-refractivity contribution in [1.82, 2.24) is 0 Å². The number of nitro benzene ring substituents is 1. The Morgan fingerprint density at radius 3 is 2.58 bits per heavy atom. The van der Waals surface area contributed by atoms with Crippen LogP contribution in [0.5, 0.6) is 5.75 Å². The van der Waals surface area contributed by atoms with Crippen LogP contribution in [-0.2, 0) is 0 Å². The molecule has 0 saturated carbocycles. The highest BCUT2D eigenvalue weighted by atomic mass is 79.9. The van der Waals surface area contributed by atoms with Gasteiger partial charge in [0.15, 0.2) is 0 Å². The molecule has 0 spiro atoms. The van der Waals surface area contributed by atoms with Crippen LogP contribution in [0, 0.1) is 17.0 Å². The number of hydrogen-bond donors (Lipinski definition) is 0. The largest absolute Gasteiger partial charge is 0.422 e. The van der Waals surface area contributed by atoms with Crippen LogP contribution in [0.3, 0.4) is 0 Å². The number of hydrogen-bond acceptors (Lipinski definition) is 4. The van der Waals surface area contributed by atoms with Crippen molar-refractivity contribution in [1.29, 1.82) is 0 Å². The molecule has 0 aliphatic heterocycles. The van der Waals surface area contributed by atoms with Crippen molar-refractivity contribution in [3.63, 3.8) is 0 Å². The quantitative estimate of drug-likeness (QED) is 0.274. The van der Waals surface area contributed by atoms with Crippen molar-refractivity contribution in [2.75, 3.05) is 0 Å². The number of rotatable bonds is 3. The lowest BCUT2D eigenvalue weighted by Gasteiger charge is -2.09. The summed E-state index contributed by atoms with van der Waals surface area (Å²) in [7, 11) is 0. The normalized spacial score (nSPS) is 10.6. The molecular formula is C18H12BrNO4. The number of nitro groups is 1. The van der Waals surface area contributed by atoms with Gasteiger partial charge in [0, 0.05) is 11.6 Å². The van der Waals surface area contributed by atoms with Crippen LogP contribution in [0.15, 0.2) is 59.1 Å². The van der Waals surface area contributed by atoms with Gasteiger partial charge in [0.25, 0.3) is 5.69 Å². The average molecular weight is 386 g/mol. The molecule has 3 aromatic rings. The molecule has 0 N–H and O–H groups in total. The van der Waals surface area contributed by atoms with Crippen molar-refractivity contribution in [2.24, 2.45) is 0 Å². The second-order valence-electron chi connectivity index (χ2n) is 5.25. The fourth-order valence-electron chi connectivity index (χ4n) is 2.44. The third kappa shape index (κ3) is 3.00. The van der Waals surface area contributed by atoms with Gasteiger partial charge in [-0.3, -0.25) is 10.1 Å². The number of carbonyl (C=O) groups excluding carboxylic acids is 1. The van der Waals surface area contributed by atoms with E-state index in [4.69, 9.17) is 4.74 Å². The molecule has 3 rings (SSSR count). The molecule has 3 aromatic carbocycles. The summed E-state index contributed by atoms with van der Waals surface area (Å²) in [6.45, 7) is 1.58. The Morgan fingerprint density at radius 2 is 1.88 bits per heavy atom. The third-order valence-corrected chi connectivity index (χ3v) is 4.48. The molecule has 0 aliphatic rings. The molecule has 0 aromatic heterocycles. The maximum atomic E-state index is 12.3. The fraction of sp³-hybridized carbons (Fsp3) is 0.0556. The van der Waals surface area contributed by atoms with Gasteiger partial charge in [-0.1, -0.05) is 30.3 Å². The van der Waals surface area contributed by atoms with Gasteiger partial charge in [-0.05, 0) is 51.8 Å². The molecule has 24 heavy (non-hydrogen) atoms. The van der Waals surface area contributed by atoms with Gasteiger partial charge >= 0.3 is 5.97 Å². The summed E-state index contributed by atoms with van der Waals surface area (Å²) in [5, 5.41) is 12.8. The first-order chi connectivity index (χ1) is 11.5. The SMILES string of the molecule is Cc1cc(C(=O)Oc2ccc3ccccc3c2Br)ccc1[N+](=O)[O-]. The Morgan fingerprint density at radius 1 is 1.12 bits per heavy atom. The van der Waals surface area contributed by atoms with Gasteiger partial charge in [-0.25, -0.2) is 4.79 Å². The molecule has 0 radical (unpaired) electrons. The van der Waals surface area contributed by atoms with E-state index in [2.05, 4.69) is 15.9 Å². The van der Waals surface area contributed by atoms with Crippen LogP contribution >= 0.6 is 15.9 Å². The number of halogens is 1. The highest BCUT2D eigenvalue weighted by Crippen LogP contribution is 2.33. The maximum Gasteiger partial charge on any atom is 0.343 e. The van der Waals surface area contributed by atoms with Crippen molar-refractivity contribution >= 4 is 38.4 Å². The van der Waals surface area contributed by atoms with Crippen LogP contribution in [0.2, 0.25) is 0 Å². The summed E-state index contributed by atoms with van der Waals surface area (Å²) in [5.74, 6) is -0.168. The van der Waals surface area contributed by atoms with Crippen molar-refractivity contribution in [3.05, 3.63) is 80.3 Å². The molecule has 0 aliphatic carbocycles. The van der Waals surface area contributed by atoms with E-state index in [1.165, 1.54) is 18.2 Å². The van der Waals surface area contributed by atoms with Gasteiger partial charge in [0.05, 0.1) is 15.0 Å². The van der Waals surface area contributed by atoms with Gasteiger partial charge in [0.1, 0.15) is 5.75 Å².